The zero-order valence-corrected chi connectivity index (χ0v) is 16.2. The molecule has 1 atom stereocenters. The van der Waals surface area contributed by atoms with Gasteiger partial charge in [0.2, 0.25) is 0 Å². The molecule has 0 N–H and O–H groups in total. The number of allylic oxidation sites excluding steroid dienone is 2. The van der Waals surface area contributed by atoms with Gasteiger partial charge in [0.25, 0.3) is 10.1 Å². The van der Waals surface area contributed by atoms with Gasteiger partial charge in [-0.15, -0.1) is 0 Å². The summed E-state index contributed by atoms with van der Waals surface area (Å²) in [5.41, 5.74) is 0. The fraction of sp³-hybridized carbons (Fsp3) is 0.500. The lowest BCUT2D eigenvalue weighted by molar-refractivity contribution is 0.0998. The Hall–Kier alpha value is -1.86. The standard InChI is InChI=1S/C18H29N3O3S/c1-7-9-10-15(3)20(5)14-19-16(4)21(8-2)18-11-17(12-18)13-24-25(6,22)23/h7-10,14-15,17-18H,1-2,4,11-13H2,3,5-6H3/b10-9-,19-14-/t15?,17-,18+. The monoisotopic (exact) mass is 367 g/mol. The largest absolute Gasteiger partial charge is 0.359 e. The van der Waals surface area contributed by atoms with Gasteiger partial charge in [-0.25, -0.2) is 4.99 Å². The van der Waals surface area contributed by atoms with Crippen molar-refractivity contribution in [3.63, 3.8) is 0 Å². The molecule has 0 heterocycles. The zero-order valence-electron chi connectivity index (χ0n) is 15.3. The predicted octanol–water partition coefficient (Wildman–Crippen LogP) is 2.75. The van der Waals surface area contributed by atoms with E-state index in [1.807, 2.05) is 29.0 Å². The fourth-order valence-corrected chi connectivity index (χ4v) is 2.89. The van der Waals surface area contributed by atoms with Crippen molar-refractivity contribution >= 4 is 16.5 Å². The molecule has 7 heteroatoms. The van der Waals surface area contributed by atoms with Gasteiger partial charge < -0.3 is 9.80 Å². The predicted molar refractivity (Wildman–Crippen MR) is 104 cm³/mol. The minimum atomic E-state index is -3.38. The number of rotatable bonds is 11. The molecule has 0 radical (unpaired) electrons. The molecule has 0 aromatic rings. The maximum Gasteiger partial charge on any atom is 0.264 e. The summed E-state index contributed by atoms with van der Waals surface area (Å²) in [5.74, 6) is 0.833. The first-order valence-electron chi connectivity index (χ1n) is 8.17. The summed E-state index contributed by atoms with van der Waals surface area (Å²) >= 11 is 0. The van der Waals surface area contributed by atoms with Crippen molar-refractivity contribution in [3.05, 3.63) is 50.0 Å². The lowest BCUT2D eigenvalue weighted by Crippen LogP contribution is -2.42. The number of likely N-dealkylation sites (N-methyl/N-ethyl adjacent to an activating group) is 1. The van der Waals surface area contributed by atoms with Crippen LogP contribution >= 0.6 is 0 Å². The normalized spacial score (nSPS) is 21.7. The second kappa shape index (κ2) is 9.58. The van der Waals surface area contributed by atoms with Crippen LogP contribution in [0.3, 0.4) is 0 Å². The van der Waals surface area contributed by atoms with E-state index in [4.69, 9.17) is 4.18 Å². The molecule has 1 aliphatic rings. The van der Waals surface area contributed by atoms with Crippen LogP contribution < -0.4 is 0 Å². The molecular weight excluding hydrogens is 338 g/mol. The van der Waals surface area contributed by atoms with Crippen molar-refractivity contribution < 1.29 is 12.6 Å². The van der Waals surface area contributed by atoms with Crippen molar-refractivity contribution in [2.75, 3.05) is 19.9 Å². The van der Waals surface area contributed by atoms with E-state index in [9.17, 15) is 8.42 Å². The summed E-state index contributed by atoms with van der Waals surface area (Å²) in [6.07, 6.45) is 11.8. The molecule has 140 valence electrons. The van der Waals surface area contributed by atoms with E-state index >= 15 is 0 Å². The fourth-order valence-electron chi connectivity index (χ4n) is 2.45. The third-order valence-corrected chi connectivity index (χ3v) is 4.74. The van der Waals surface area contributed by atoms with E-state index in [1.165, 1.54) is 0 Å². The molecule has 25 heavy (non-hydrogen) atoms. The highest BCUT2D eigenvalue weighted by molar-refractivity contribution is 7.85. The highest BCUT2D eigenvalue weighted by Gasteiger charge is 2.34. The molecule has 0 amide bonds. The van der Waals surface area contributed by atoms with Gasteiger partial charge in [-0.1, -0.05) is 38.0 Å². The lowest BCUT2D eigenvalue weighted by Gasteiger charge is -2.41. The summed E-state index contributed by atoms with van der Waals surface area (Å²) in [4.78, 5) is 8.30. The summed E-state index contributed by atoms with van der Waals surface area (Å²) in [6, 6.07) is 0.409. The van der Waals surface area contributed by atoms with Gasteiger partial charge >= 0.3 is 0 Å². The van der Waals surface area contributed by atoms with E-state index in [-0.39, 0.29) is 24.6 Å². The van der Waals surface area contributed by atoms with Crippen LogP contribution in [0.25, 0.3) is 0 Å². The maximum absolute atomic E-state index is 11.0. The lowest BCUT2D eigenvalue weighted by atomic mass is 9.80. The van der Waals surface area contributed by atoms with Crippen LogP contribution in [0.15, 0.2) is 55.0 Å². The quantitative estimate of drug-likeness (QED) is 0.243. The summed E-state index contributed by atoms with van der Waals surface area (Å²) < 4.78 is 26.9. The highest BCUT2D eigenvalue weighted by atomic mass is 32.2. The topological polar surface area (TPSA) is 62.2 Å². The first-order chi connectivity index (χ1) is 11.7. The second-order valence-electron chi connectivity index (χ2n) is 6.26. The van der Waals surface area contributed by atoms with Crippen LogP contribution in [0.2, 0.25) is 0 Å². The van der Waals surface area contributed by atoms with Crippen LogP contribution in [0, 0.1) is 5.92 Å². The van der Waals surface area contributed by atoms with Gasteiger partial charge in [-0.2, -0.15) is 8.42 Å². The van der Waals surface area contributed by atoms with Crippen LogP contribution in [0.5, 0.6) is 0 Å². The third kappa shape index (κ3) is 7.27. The smallest absolute Gasteiger partial charge is 0.264 e. The molecule has 0 spiro atoms. The van der Waals surface area contributed by atoms with Gasteiger partial charge in [-0.05, 0) is 31.9 Å². The highest BCUT2D eigenvalue weighted by Crippen LogP contribution is 2.34. The van der Waals surface area contributed by atoms with Crippen molar-refractivity contribution in [2.45, 2.75) is 31.8 Å². The Balaban J connectivity index is 2.51. The van der Waals surface area contributed by atoms with Gasteiger partial charge in [0, 0.05) is 19.1 Å². The van der Waals surface area contributed by atoms with E-state index in [2.05, 4.69) is 31.7 Å². The maximum atomic E-state index is 11.0. The van der Waals surface area contributed by atoms with Crippen molar-refractivity contribution in [1.82, 2.24) is 9.80 Å². The van der Waals surface area contributed by atoms with Gasteiger partial charge in [0.05, 0.1) is 19.2 Å². The van der Waals surface area contributed by atoms with Gasteiger partial charge in [0.15, 0.2) is 0 Å². The molecule has 1 fully saturated rings. The van der Waals surface area contributed by atoms with Gasteiger partial charge in [-0.3, -0.25) is 4.18 Å². The average Bonchev–Trinajstić information content (AvgIpc) is 2.50. The molecular formula is C18H29N3O3S. The molecule has 6 nitrogen and oxygen atoms in total. The van der Waals surface area contributed by atoms with Gasteiger partial charge in [0.1, 0.15) is 5.82 Å². The van der Waals surface area contributed by atoms with Crippen molar-refractivity contribution in [2.24, 2.45) is 10.9 Å². The molecule has 0 aromatic carbocycles. The molecule has 1 saturated carbocycles. The molecule has 1 unspecified atom stereocenters. The number of hydrogen-bond donors (Lipinski definition) is 0. The third-order valence-electron chi connectivity index (χ3n) is 4.17. The number of hydrogen-bond acceptors (Lipinski definition) is 5. The Morgan fingerprint density at radius 3 is 2.56 bits per heavy atom. The minimum absolute atomic E-state index is 0.188. The van der Waals surface area contributed by atoms with Crippen molar-refractivity contribution in [3.8, 4) is 0 Å². The Kier molecular flexibility index (Phi) is 8.12. The average molecular weight is 368 g/mol. The Morgan fingerprint density at radius 1 is 1.40 bits per heavy atom. The number of nitrogens with zero attached hydrogens (tertiary/aromatic N) is 3. The molecule has 0 aliphatic heterocycles. The Bertz CT molecular complexity index is 634. The Labute approximate surface area is 152 Å². The SMILES string of the molecule is C=C/C=C\C(C)N(C)/C=N\C(=C)N(C=C)[C@H]1C[C@@H](COS(C)(=O)=O)C1. The molecule has 0 saturated heterocycles. The van der Waals surface area contributed by atoms with E-state index in [1.54, 1.807) is 18.6 Å². The van der Waals surface area contributed by atoms with Crippen LogP contribution in [0.4, 0.5) is 0 Å². The number of aliphatic imine (C=N–C) groups is 1. The molecule has 1 rings (SSSR count). The summed E-state index contributed by atoms with van der Waals surface area (Å²) in [7, 11) is -1.44. The first kappa shape index (κ1) is 21.2. The zero-order chi connectivity index (χ0) is 19.0. The summed E-state index contributed by atoms with van der Waals surface area (Å²) in [6.45, 7) is 13.8. The minimum Gasteiger partial charge on any atom is -0.359 e. The molecule has 0 bridgehead atoms. The van der Waals surface area contributed by atoms with E-state index in [0.29, 0.717) is 5.82 Å². The van der Waals surface area contributed by atoms with E-state index in [0.717, 1.165) is 19.1 Å². The van der Waals surface area contributed by atoms with E-state index < -0.39 is 10.1 Å². The Morgan fingerprint density at radius 2 is 2.04 bits per heavy atom. The second-order valence-corrected chi connectivity index (χ2v) is 7.90. The molecule has 1 aliphatic carbocycles. The van der Waals surface area contributed by atoms with Crippen LogP contribution in [-0.4, -0.2) is 56.6 Å². The van der Waals surface area contributed by atoms with Crippen LogP contribution in [0.1, 0.15) is 19.8 Å². The van der Waals surface area contributed by atoms with Crippen molar-refractivity contribution in [1.29, 1.82) is 0 Å². The molecule has 0 aromatic heterocycles. The summed E-state index contributed by atoms with van der Waals surface area (Å²) in [5, 5.41) is 0. The van der Waals surface area contributed by atoms with Crippen LogP contribution in [-0.2, 0) is 14.3 Å². The first-order valence-corrected chi connectivity index (χ1v) is 9.99.